The molecule has 15 heteroatoms. The van der Waals surface area contributed by atoms with E-state index in [0.717, 1.165) is 34.1 Å². The molecule has 1 saturated heterocycles. The van der Waals surface area contributed by atoms with Gasteiger partial charge in [-0.05, 0) is 30.0 Å². The van der Waals surface area contributed by atoms with E-state index in [1.54, 1.807) is 44.2 Å². The van der Waals surface area contributed by atoms with Gasteiger partial charge in [-0.25, -0.2) is 13.0 Å². The highest BCUT2D eigenvalue weighted by Crippen LogP contribution is 2.41. The standard InChI is InChI=1S/C26H35N2O11PS/c1-19(2)16-27(41(35,36)24-10-8-22(9-11-24)28(30)31)17-25(39-40(32,33)34)21(14-20-6-4-3-5-7-20)15-26(29)38-23-12-13-37-18-23/h3-11,19,21,23,25H,12-18H2,1-2H3,(H2,32,33,34)/t21-,23-,25+/m0/s1. The van der Waals surface area contributed by atoms with E-state index in [9.17, 15) is 37.7 Å². The maximum absolute atomic E-state index is 13.7. The molecule has 0 saturated carbocycles. The van der Waals surface area contributed by atoms with Gasteiger partial charge in [0.15, 0.2) is 0 Å². The van der Waals surface area contributed by atoms with Gasteiger partial charge in [0.1, 0.15) is 6.10 Å². The van der Waals surface area contributed by atoms with Crippen molar-refractivity contribution in [3.63, 3.8) is 0 Å². The number of nitro benzene ring substituents is 1. The molecule has 1 aliphatic heterocycles. The number of esters is 1. The van der Waals surface area contributed by atoms with Crippen molar-refractivity contribution in [3.05, 3.63) is 70.3 Å². The molecule has 1 heterocycles. The molecule has 2 N–H and O–H groups in total. The summed E-state index contributed by atoms with van der Waals surface area (Å²) >= 11 is 0. The number of nitrogens with zero attached hydrogens (tertiary/aromatic N) is 2. The fourth-order valence-corrected chi connectivity index (χ4v) is 6.73. The summed E-state index contributed by atoms with van der Waals surface area (Å²) in [7, 11) is -9.45. The molecule has 41 heavy (non-hydrogen) atoms. The zero-order valence-electron chi connectivity index (χ0n) is 22.8. The van der Waals surface area contributed by atoms with Crippen LogP contribution in [0.25, 0.3) is 0 Å². The van der Waals surface area contributed by atoms with E-state index < -0.39 is 53.4 Å². The monoisotopic (exact) mass is 614 g/mol. The Hall–Kier alpha value is -2.71. The second-order valence-corrected chi connectivity index (χ2v) is 13.4. The summed E-state index contributed by atoms with van der Waals surface area (Å²) in [6, 6.07) is 13.2. The van der Waals surface area contributed by atoms with Gasteiger partial charge in [0.05, 0.1) is 35.6 Å². The molecule has 0 spiro atoms. The topological polar surface area (TPSA) is 183 Å². The third-order valence-corrected chi connectivity index (χ3v) is 8.78. The highest BCUT2D eigenvalue weighted by Gasteiger charge is 2.37. The molecule has 0 aliphatic carbocycles. The van der Waals surface area contributed by atoms with E-state index in [0.29, 0.717) is 13.0 Å². The second kappa shape index (κ2) is 14.5. The summed E-state index contributed by atoms with van der Waals surface area (Å²) in [4.78, 5) is 42.7. The summed E-state index contributed by atoms with van der Waals surface area (Å²) in [6.07, 6.45) is -1.51. The maximum atomic E-state index is 13.7. The van der Waals surface area contributed by atoms with Gasteiger partial charge in [-0.1, -0.05) is 44.2 Å². The largest absolute Gasteiger partial charge is 0.469 e. The molecule has 2 aromatic carbocycles. The SMILES string of the molecule is CC(C)CN(C[C@@H](OP(=O)(O)O)[C@H](CC(=O)O[C@H]1CCOC1)Cc1ccccc1)S(=O)(=O)c1ccc([N+](=O)[O-])cc1. The van der Waals surface area contributed by atoms with Crippen LogP contribution in [0.1, 0.15) is 32.3 Å². The third-order valence-electron chi connectivity index (χ3n) is 6.39. The molecule has 3 rings (SSSR count). The van der Waals surface area contributed by atoms with Gasteiger partial charge in [-0.15, -0.1) is 0 Å². The average Bonchev–Trinajstić information content (AvgIpc) is 3.40. The van der Waals surface area contributed by atoms with Crippen LogP contribution in [0.2, 0.25) is 0 Å². The highest BCUT2D eigenvalue weighted by atomic mass is 32.2. The van der Waals surface area contributed by atoms with Crippen molar-refractivity contribution in [1.82, 2.24) is 4.31 Å². The average molecular weight is 615 g/mol. The van der Waals surface area contributed by atoms with Crippen molar-refractivity contribution in [1.29, 1.82) is 0 Å². The zero-order chi connectivity index (χ0) is 30.2. The van der Waals surface area contributed by atoms with Crippen LogP contribution >= 0.6 is 7.82 Å². The third kappa shape index (κ3) is 10.3. The Morgan fingerprint density at radius 1 is 1.15 bits per heavy atom. The molecule has 0 radical (unpaired) electrons. The number of carbonyl (C=O) groups is 1. The zero-order valence-corrected chi connectivity index (χ0v) is 24.5. The van der Waals surface area contributed by atoms with Crippen molar-refractivity contribution in [2.75, 3.05) is 26.3 Å². The summed E-state index contributed by atoms with van der Waals surface area (Å²) in [5, 5.41) is 11.1. The Balaban J connectivity index is 1.97. The molecular formula is C26H35N2O11PS. The smallest absolute Gasteiger partial charge is 0.460 e. The molecule has 2 aromatic rings. The molecule has 0 amide bonds. The normalized spacial score (nSPS) is 17.5. The number of phosphoric ester groups is 1. The first-order chi connectivity index (χ1) is 19.2. The minimum atomic E-state index is -5.15. The van der Waals surface area contributed by atoms with Crippen LogP contribution in [0.3, 0.4) is 0 Å². The van der Waals surface area contributed by atoms with Gasteiger partial charge in [-0.2, -0.15) is 4.31 Å². The van der Waals surface area contributed by atoms with Crippen LogP contribution in [0.5, 0.6) is 0 Å². The van der Waals surface area contributed by atoms with Gasteiger partial charge in [0.2, 0.25) is 10.0 Å². The van der Waals surface area contributed by atoms with E-state index in [1.807, 2.05) is 0 Å². The first-order valence-electron chi connectivity index (χ1n) is 13.0. The van der Waals surface area contributed by atoms with Crippen LogP contribution in [0, 0.1) is 22.0 Å². The summed E-state index contributed by atoms with van der Waals surface area (Å²) in [6.45, 7) is 3.66. The van der Waals surface area contributed by atoms with E-state index >= 15 is 0 Å². The van der Waals surface area contributed by atoms with Crippen molar-refractivity contribution >= 4 is 29.5 Å². The van der Waals surface area contributed by atoms with E-state index in [-0.39, 0.29) is 42.5 Å². The van der Waals surface area contributed by atoms with Crippen molar-refractivity contribution in [2.24, 2.45) is 11.8 Å². The van der Waals surface area contributed by atoms with Crippen LogP contribution in [-0.2, 0) is 39.8 Å². The number of carbonyl (C=O) groups excluding carboxylic acids is 1. The number of rotatable bonds is 15. The van der Waals surface area contributed by atoms with Crippen LogP contribution in [0.4, 0.5) is 5.69 Å². The minimum absolute atomic E-state index is 0.0533. The van der Waals surface area contributed by atoms with Crippen LogP contribution in [-0.4, -0.2) is 71.9 Å². The Morgan fingerprint density at radius 3 is 2.34 bits per heavy atom. The highest BCUT2D eigenvalue weighted by molar-refractivity contribution is 7.89. The molecule has 13 nitrogen and oxygen atoms in total. The molecule has 0 unspecified atom stereocenters. The first kappa shape index (κ1) is 32.8. The first-order valence-corrected chi connectivity index (χ1v) is 16.0. The quantitative estimate of drug-likeness (QED) is 0.130. The number of sulfonamides is 1. The molecular weight excluding hydrogens is 579 g/mol. The Bertz CT molecular complexity index is 1310. The lowest BCUT2D eigenvalue weighted by Gasteiger charge is -2.32. The number of phosphoric acid groups is 1. The van der Waals surface area contributed by atoms with Gasteiger partial charge in [0.25, 0.3) is 5.69 Å². The van der Waals surface area contributed by atoms with E-state index in [4.69, 9.17) is 14.0 Å². The molecule has 226 valence electrons. The maximum Gasteiger partial charge on any atom is 0.469 e. The van der Waals surface area contributed by atoms with Crippen molar-refractivity contribution < 1.29 is 46.5 Å². The predicted molar refractivity (Wildman–Crippen MR) is 147 cm³/mol. The molecule has 3 atom stereocenters. The fourth-order valence-electron chi connectivity index (χ4n) is 4.52. The lowest BCUT2D eigenvalue weighted by molar-refractivity contribution is -0.384. The van der Waals surface area contributed by atoms with Gasteiger partial charge in [0, 0.05) is 37.6 Å². The van der Waals surface area contributed by atoms with E-state index in [2.05, 4.69) is 0 Å². The summed E-state index contributed by atoms with van der Waals surface area (Å²) < 4.78 is 56.4. The number of hydrogen-bond donors (Lipinski definition) is 2. The number of nitro groups is 1. The fraction of sp³-hybridized carbons (Fsp3) is 0.500. The Morgan fingerprint density at radius 2 is 1.80 bits per heavy atom. The number of hydrogen-bond acceptors (Lipinski definition) is 9. The lowest BCUT2D eigenvalue weighted by atomic mass is 9.90. The Labute approximate surface area is 238 Å². The van der Waals surface area contributed by atoms with Crippen molar-refractivity contribution in [3.8, 4) is 0 Å². The summed E-state index contributed by atoms with van der Waals surface area (Å²) in [5.74, 6) is -1.73. The lowest BCUT2D eigenvalue weighted by Crippen LogP contribution is -2.44. The van der Waals surface area contributed by atoms with Crippen LogP contribution in [0.15, 0.2) is 59.5 Å². The number of benzene rings is 2. The molecule has 0 bridgehead atoms. The molecule has 1 fully saturated rings. The van der Waals surface area contributed by atoms with Gasteiger partial charge in [-0.3, -0.25) is 19.4 Å². The van der Waals surface area contributed by atoms with Gasteiger partial charge < -0.3 is 19.3 Å². The summed E-state index contributed by atoms with van der Waals surface area (Å²) in [5.41, 5.74) is 0.443. The predicted octanol–water partition coefficient (Wildman–Crippen LogP) is 3.30. The number of ether oxygens (including phenoxy) is 2. The second-order valence-electron chi connectivity index (χ2n) is 10.2. The van der Waals surface area contributed by atoms with Crippen LogP contribution < -0.4 is 0 Å². The van der Waals surface area contributed by atoms with Gasteiger partial charge >= 0.3 is 13.8 Å². The van der Waals surface area contributed by atoms with E-state index in [1.165, 1.54) is 0 Å². The molecule has 0 aromatic heterocycles. The van der Waals surface area contributed by atoms with Crippen molar-refractivity contribution in [2.45, 2.75) is 50.2 Å². The minimum Gasteiger partial charge on any atom is -0.460 e. The molecule has 1 aliphatic rings. The Kier molecular flexibility index (Phi) is 11.6. The number of non-ortho nitro benzene ring substituents is 1.